The molecule has 0 saturated carbocycles. The SMILES string of the molecule is CC[C@@H](Oc1ccc2ccccc2c1Br)C(=O)N/N=C\c1ccc(OC(=O)c2ccc(Cl)cc2)c(OC)c1. The maximum atomic E-state index is 12.7. The molecule has 0 fully saturated rings. The van der Waals surface area contributed by atoms with Gasteiger partial charge in [0.25, 0.3) is 5.91 Å². The van der Waals surface area contributed by atoms with E-state index in [1.54, 1.807) is 42.5 Å². The molecule has 0 aliphatic carbocycles. The highest BCUT2D eigenvalue weighted by atomic mass is 79.9. The standard InChI is InChI=1S/C29H24BrClN2O5/c1-3-23(37-25-15-11-19-6-4-5-7-22(19)27(25)30)28(34)33-32-17-18-8-14-24(26(16-18)36-2)38-29(35)20-9-12-21(31)13-10-20/h4-17,23H,3H2,1-2H3,(H,33,34)/b32-17-/t23-/m1/s1. The normalized spacial score (nSPS) is 11.8. The molecule has 0 bridgehead atoms. The summed E-state index contributed by atoms with van der Waals surface area (Å²) in [6.45, 7) is 1.86. The van der Waals surface area contributed by atoms with Crippen LogP contribution < -0.4 is 19.6 Å². The van der Waals surface area contributed by atoms with Gasteiger partial charge in [-0.25, -0.2) is 10.2 Å². The molecule has 1 atom stereocenters. The van der Waals surface area contributed by atoms with E-state index in [-0.39, 0.29) is 11.7 Å². The van der Waals surface area contributed by atoms with Crippen LogP contribution in [0.2, 0.25) is 5.02 Å². The van der Waals surface area contributed by atoms with E-state index in [2.05, 4.69) is 26.5 Å². The van der Waals surface area contributed by atoms with Crippen molar-refractivity contribution < 1.29 is 23.8 Å². The summed E-state index contributed by atoms with van der Waals surface area (Å²) in [7, 11) is 1.46. The molecule has 1 amide bonds. The van der Waals surface area contributed by atoms with Gasteiger partial charge in [0.1, 0.15) is 5.75 Å². The Bertz CT molecular complexity index is 1490. The minimum atomic E-state index is -0.742. The van der Waals surface area contributed by atoms with Crippen LogP contribution in [0.3, 0.4) is 0 Å². The summed E-state index contributed by atoms with van der Waals surface area (Å²) in [4.78, 5) is 25.2. The molecule has 7 nitrogen and oxygen atoms in total. The molecule has 0 saturated heterocycles. The van der Waals surface area contributed by atoms with Crippen LogP contribution >= 0.6 is 27.5 Å². The number of hydrazone groups is 1. The first-order valence-corrected chi connectivity index (χ1v) is 12.9. The van der Waals surface area contributed by atoms with E-state index in [1.165, 1.54) is 13.3 Å². The average Bonchev–Trinajstić information content (AvgIpc) is 2.93. The minimum absolute atomic E-state index is 0.244. The van der Waals surface area contributed by atoms with Crippen molar-refractivity contribution in [2.45, 2.75) is 19.4 Å². The number of rotatable bonds is 9. The number of halogens is 2. The van der Waals surface area contributed by atoms with Crippen molar-refractivity contribution in [3.05, 3.63) is 99.5 Å². The number of methoxy groups -OCH3 is 1. The van der Waals surface area contributed by atoms with Crippen molar-refractivity contribution in [2.24, 2.45) is 5.10 Å². The number of hydrogen-bond acceptors (Lipinski definition) is 6. The molecule has 4 aromatic carbocycles. The van der Waals surface area contributed by atoms with Gasteiger partial charge in [-0.3, -0.25) is 4.79 Å². The fraction of sp³-hybridized carbons (Fsp3) is 0.138. The number of esters is 1. The first-order chi connectivity index (χ1) is 18.4. The van der Waals surface area contributed by atoms with E-state index < -0.39 is 12.1 Å². The Labute approximate surface area is 233 Å². The van der Waals surface area contributed by atoms with E-state index in [0.29, 0.717) is 34.1 Å². The van der Waals surface area contributed by atoms with Crippen LogP contribution in [0.5, 0.6) is 17.2 Å². The molecule has 0 aromatic heterocycles. The summed E-state index contributed by atoms with van der Waals surface area (Å²) in [6.07, 6.45) is 1.17. The molecule has 0 heterocycles. The number of amides is 1. The van der Waals surface area contributed by atoms with E-state index in [1.807, 2.05) is 43.3 Å². The molecular formula is C29H24BrClN2O5. The summed E-state index contributed by atoms with van der Waals surface area (Å²) in [5.41, 5.74) is 3.50. The van der Waals surface area contributed by atoms with Crippen molar-refractivity contribution in [3.63, 3.8) is 0 Å². The number of fused-ring (bicyclic) bond motifs is 1. The average molecular weight is 596 g/mol. The van der Waals surface area contributed by atoms with E-state index in [0.717, 1.165) is 15.2 Å². The molecule has 0 radical (unpaired) electrons. The largest absolute Gasteiger partial charge is 0.493 e. The minimum Gasteiger partial charge on any atom is -0.493 e. The Morgan fingerprint density at radius 2 is 1.74 bits per heavy atom. The molecule has 4 rings (SSSR count). The number of nitrogens with zero attached hydrogens (tertiary/aromatic N) is 1. The fourth-order valence-corrected chi connectivity index (χ4v) is 4.33. The highest BCUT2D eigenvalue weighted by Gasteiger charge is 2.20. The van der Waals surface area contributed by atoms with Gasteiger partial charge < -0.3 is 14.2 Å². The van der Waals surface area contributed by atoms with Gasteiger partial charge in [-0.05, 0) is 87.2 Å². The first kappa shape index (κ1) is 27.2. The summed E-state index contributed by atoms with van der Waals surface area (Å²) in [5, 5.41) is 6.64. The number of ether oxygens (including phenoxy) is 3. The van der Waals surface area contributed by atoms with Gasteiger partial charge >= 0.3 is 5.97 Å². The van der Waals surface area contributed by atoms with Crippen LogP contribution in [0.1, 0.15) is 29.3 Å². The maximum Gasteiger partial charge on any atom is 0.343 e. The number of benzene rings is 4. The molecule has 9 heteroatoms. The smallest absolute Gasteiger partial charge is 0.343 e. The predicted octanol–water partition coefficient (Wildman–Crippen LogP) is 6.79. The Morgan fingerprint density at radius 3 is 2.47 bits per heavy atom. The monoisotopic (exact) mass is 594 g/mol. The topological polar surface area (TPSA) is 86.2 Å². The van der Waals surface area contributed by atoms with Crippen LogP contribution in [0.25, 0.3) is 10.8 Å². The lowest BCUT2D eigenvalue weighted by molar-refractivity contribution is -0.128. The van der Waals surface area contributed by atoms with E-state index in [4.69, 9.17) is 25.8 Å². The molecule has 0 unspecified atom stereocenters. The second-order valence-electron chi connectivity index (χ2n) is 8.15. The van der Waals surface area contributed by atoms with Gasteiger partial charge in [-0.15, -0.1) is 0 Å². The molecule has 4 aromatic rings. The molecule has 194 valence electrons. The summed E-state index contributed by atoms with van der Waals surface area (Å²) in [5.74, 6) is 0.220. The summed E-state index contributed by atoms with van der Waals surface area (Å²) >= 11 is 9.46. The zero-order valence-electron chi connectivity index (χ0n) is 20.6. The van der Waals surface area contributed by atoms with Crippen LogP contribution in [-0.2, 0) is 4.79 Å². The quantitative estimate of drug-likeness (QED) is 0.0997. The van der Waals surface area contributed by atoms with Crippen molar-refractivity contribution in [1.82, 2.24) is 5.43 Å². The first-order valence-electron chi connectivity index (χ1n) is 11.7. The Kier molecular flexibility index (Phi) is 8.99. The lowest BCUT2D eigenvalue weighted by Crippen LogP contribution is -2.35. The third-order valence-electron chi connectivity index (χ3n) is 5.62. The molecule has 0 aliphatic heterocycles. The third-order valence-corrected chi connectivity index (χ3v) is 6.69. The molecule has 0 aliphatic rings. The third kappa shape index (κ3) is 6.51. The van der Waals surface area contributed by atoms with Gasteiger partial charge in [0.2, 0.25) is 0 Å². The molecule has 1 N–H and O–H groups in total. The molecular weight excluding hydrogens is 572 g/mol. The van der Waals surface area contributed by atoms with Gasteiger partial charge in [0.15, 0.2) is 17.6 Å². The maximum absolute atomic E-state index is 12.7. The van der Waals surface area contributed by atoms with Gasteiger partial charge in [0, 0.05) is 5.02 Å². The zero-order valence-corrected chi connectivity index (χ0v) is 23.0. The number of carbonyl (C=O) groups excluding carboxylic acids is 2. The lowest BCUT2D eigenvalue weighted by atomic mass is 10.1. The fourth-order valence-electron chi connectivity index (χ4n) is 3.62. The van der Waals surface area contributed by atoms with Gasteiger partial charge in [-0.1, -0.05) is 48.9 Å². The Morgan fingerprint density at radius 1 is 1.00 bits per heavy atom. The number of nitrogens with one attached hydrogen (secondary N) is 1. The Hall–Kier alpha value is -3.88. The highest BCUT2D eigenvalue weighted by molar-refractivity contribution is 9.10. The molecule has 38 heavy (non-hydrogen) atoms. The van der Waals surface area contributed by atoms with Gasteiger partial charge in [-0.2, -0.15) is 5.10 Å². The zero-order chi connectivity index (χ0) is 27.1. The Balaban J connectivity index is 1.39. The van der Waals surface area contributed by atoms with Crippen LogP contribution in [0.15, 0.2) is 88.4 Å². The number of carbonyl (C=O) groups is 2. The van der Waals surface area contributed by atoms with E-state index >= 15 is 0 Å². The second-order valence-corrected chi connectivity index (χ2v) is 9.38. The number of hydrogen-bond donors (Lipinski definition) is 1. The van der Waals surface area contributed by atoms with Crippen molar-refractivity contribution >= 4 is 56.4 Å². The van der Waals surface area contributed by atoms with Gasteiger partial charge in [0.05, 0.1) is 23.4 Å². The van der Waals surface area contributed by atoms with Crippen molar-refractivity contribution in [3.8, 4) is 17.2 Å². The molecule has 0 spiro atoms. The summed E-state index contributed by atoms with van der Waals surface area (Å²) in [6, 6.07) is 23.0. The summed E-state index contributed by atoms with van der Waals surface area (Å²) < 4.78 is 17.6. The van der Waals surface area contributed by atoms with Crippen molar-refractivity contribution in [1.29, 1.82) is 0 Å². The second kappa shape index (κ2) is 12.6. The highest BCUT2D eigenvalue weighted by Crippen LogP contribution is 2.34. The van der Waals surface area contributed by atoms with Crippen LogP contribution in [-0.4, -0.2) is 31.3 Å². The predicted molar refractivity (Wildman–Crippen MR) is 151 cm³/mol. The lowest BCUT2D eigenvalue weighted by Gasteiger charge is -2.17. The van der Waals surface area contributed by atoms with Crippen molar-refractivity contribution in [2.75, 3.05) is 7.11 Å². The van der Waals surface area contributed by atoms with Crippen LogP contribution in [0.4, 0.5) is 0 Å². The van der Waals surface area contributed by atoms with E-state index in [9.17, 15) is 9.59 Å². The van der Waals surface area contributed by atoms with Crippen LogP contribution in [0, 0.1) is 0 Å².